The molecule has 0 saturated heterocycles. The van der Waals surface area contributed by atoms with Gasteiger partial charge in [-0.05, 0) is 98.4 Å². The Bertz CT molecular complexity index is 3870. The highest BCUT2D eigenvalue weighted by Gasteiger charge is 2.21. The molecule has 0 aliphatic rings. The molecule has 3 heterocycles. The fourth-order valence-electron chi connectivity index (χ4n) is 9.57. The molecule has 0 aliphatic carbocycles. The van der Waals surface area contributed by atoms with Gasteiger partial charge in [0.15, 0.2) is 5.82 Å². The lowest BCUT2D eigenvalue weighted by Gasteiger charge is -2.14. The maximum atomic E-state index is 5.46. The van der Waals surface area contributed by atoms with E-state index in [9.17, 15) is 0 Å². The lowest BCUT2D eigenvalue weighted by Crippen LogP contribution is -2.03. The molecule has 0 atom stereocenters. The Labute approximate surface area is 332 Å². The molecule has 10 aromatic carbocycles. The van der Waals surface area contributed by atoms with Crippen LogP contribution in [0.25, 0.3) is 120 Å². The zero-order valence-corrected chi connectivity index (χ0v) is 31.3. The molecule has 0 N–H and O–H groups in total. The maximum Gasteiger partial charge on any atom is 0.162 e. The summed E-state index contributed by atoms with van der Waals surface area (Å²) in [4.78, 5) is 10.6. The monoisotopic (exact) mass is 736 g/mol. The lowest BCUT2D eigenvalue weighted by atomic mass is 10.00. The van der Waals surface area contributed by atoms with E-state index in [4.69, 9.17) is 9.97 Å². The summed E-state index contributed by atoms with van der Waals surface area (Å²) < 4.78 is 4.81. The molecule has 0 aliphatic heterocycles. The Hall–Kier alpha value is -7.82. The molecular weight excluding hydrogens is 705 g/mol. The minimum absolute atomic E-state index is 0.705. The quantitative estimate of drug-likeness (QED) is 0.169. The smallest absolute Gasteiger partial charge is 0.162 e. The summed E-state index contributed by atoms with van der Waals surface area (Å²) in [6.45, 7) is 0. The number of benzene rings is 10. The zero-order valence-electron chi connectivity index (χ0n) is 31.3. The first-order chi connectivity index (χ1) is 28.7. The molecule has 0 amide bonds. The Morgan fingerprint density at radius 1 is 0.293 bits per heavy atom. The van der Waals surface area contributed by atoms with E-state index in [-0.39, 0.29) is 0 Å². The van der Waals surface area contributed by atoms with Crippen molar-refractivity contribution in [2.45, 2.75) is 0 Å². The first kappa shape index (κ1) is 31.4. The topological polar surface area (TPSA) is 35.6 Å². The van der Waals surface area contributed by atoms with Crippen molar-refractivity contribution in [1.82, 2.24) is 19.1 Å². The van der Waals surface area contributed by atoms with Gasteiger partial charge in [-0.25, -0.2) is 9.97 Å². The van der Waals surface area contributed by atoms with Gasteiger partial charge in [-0.3, -0.25) is 4.57 Å². The molecule has 0 saturated carbocycles. The van der Waals surface area contributed by atoms with Crippen molar-refractivity contribution in [3.8, 4) is 22.9 Å². The Morgan fingerprint density at radius 2 is 0.862 bits per heavy atom. The summed E-state index contributed by atoms with van der Waals surface area (Å²) in [5, 5.41) is 15.6. The first-order valence-corrected chi connectivity index (χ1v) is 19.8. The van der Waals surface area contributed by atoms with Crippen molar-refractivity contribution in [3.63, 3.8) is 0 Å². The third-order valence-corrected chi connectivity index (χ3v) is 12.2. The van der Waals surface area contributed by atoms with Crippen LogP contribution in [-0.4, -0.2) is 19.1 Å². The van der Waals surface area contributed by atoms with Crippen molar-refractivity contribution in [2.75, 3.05) is 0 Å². The third-order valence-electron chi connectivity index (χ3n) is 12.2. The van der Waals surface area contributed by atoms with Crippen LogP contribution < -0.4 is 0 Å². The number of nitrogens with zero attached hydrogens (tertiary/aromatic N) is 4. The van der Waals surface area contributed by atoms with E-state index in [1.54, 1.807) is 0 Å². The van der Waals surface area contributed by atoms with Crippen molar-refractivity contribution in [1.29, 1.82) is 0 Å². The fourth-order valence-corrected chi connectivity index (χ4v) is 9.57. The van der Waals surface area contributed by atoms with E-state index >= 15 is 0 Å². The minimum Gasteiger partial charge on any atom is -0.309 e. The molecule has 0 unspecified atom stereocenters. The summed E-state index contributed by atoms with van der Waals surface area (Å²) in [5.41, 5.74) is 7.69. The fraction of sp³-hybridized carbons (Fsp3) is 0. The van der Waals surface area contributed by atoms with Crippen LogP contribution in [0, 0.1) is 0 Å². The van der Waals surface area contributed by atoms with Crippen LogP contribution in [0.3, 0.4) is 0 Å². The van der Waals surface area contributed by atoms with Crippen molar-refractivity contribution >= 4 is 97.6 Å². The standard InChI is InChI=1S/C54H32N4/c1-2-14-35-30-51-45(29-34(35)13-1)41-17-6-9-21-48(41)57(51)50-23-11-15-36-31-52-46(32-44(36)50)42-18-7-10-22-49(42)58(52)54-43-19-5-8-20-47(43)55-53(56-54)38-26-27-40-37(28-38)25-24-33-12-3-4-16-39(33)40/h1-32H. The van der Waals surface area contributed by atoms with E-state index in [0.717, 1.165) is 39.0 Å². The van der Waals surface area contributed by atoms with Crippen LogP contribution in [-0.2, 0) is 0 Å². The largest absolute Gasteiger partial charge is 0.309 e. The average molecular weight is 737 g/mol. The molecule has 268 valence electrons. The highest BCUT2D eigenvalue weighted by atomic mass is 15.1. The number of para-hydroxylation sites is 3. The molecule has 0 radical (unpaired) electrons. The van der Waals surface area contributed by atoms with E-state index in [1.807, 2.05) is 0 Å². The highest BCUT2D eigenvalue weighted by Crippen LogP contribution is 2.41. The van der Waals surface area contributed by atoms with Gasteiger partial charge >= 0.3 is 0 Å². The highest BCUT2D eigenvalue weighted by molar-refractivity contribution is 6.18. The Balaban J connectivity index is 1.07. The van der Waals surface area contributed by atoms with Gasteiger partial charge in [0.05, 0.1) is 33.3 Å². The van der Waals surface area contributed by atoms with Crippen molar-refractivity contribution in [3.05, 3.63) is 194 Å². The van der Waals surface area contributed by atoms with Crippen molar-refractivity contribution < 1.29 is 0 Å². The van der Waals surface area contributed by atoms with Crippen LogP contribution in [0.4, 0.5) is 0 Å². The first-order valence-electron chi connectivity index (χ1n) is 19.8. The van der Waals surface area contributed by atoms with Crippen molar-refractivity contribution in [2.24, 2.45) is 0 Å². The molecular formula is C54H32N4. The molecule has 58 heavy (non-hydrogen) atoms. The maximum absolute atomic E-state index is 5.46. The molecule has 0 fully saturated rings. The average Bonchev–Trinajstić information content (AvgIpc) is 3.78. The second-order valence-electron chi connectivity index (χ2n) is 15.4. The molecule has 13 rings (SSSR count). The van der Waals surface area contributed by atoms with Gasteiger partial charge in [-0.2, -0.15) is 0 Å². The van der Waals surface area contributed by atoms with Gasteiger partial charge in [0.25, 0.3) is 0 Å². The summed E-state index contributed by atoms with van der Waals surface area (Å²) >= 11 is 0. The number of fused-ring (bicyclic) bond motifs is 12. The predicted molar refractivity (Wildman–Crippen MR) is 244 cm³/mol. The third kappa shape index (κ3) is 4.45. The van der Waals surface area contributed by atoms with Gasteiger partial charge in [0.2, 0.25) is 0 Å². The number of hydrogen-bond acceptors (Lipinski definition) is 2. The molecule has 0 bridgehead atoms. The number of aromatic nitrogens is 4. The summed E-state index contributed by atoms with van der Waals surface area (Å²) in [5.74, 6) is 1.58. The van der Waals surface area contributed by atoms with Gasteiger partial charge in [-0.1, -0.05) is 133 Å². The summed E-state index contributed by atoms with van der Waals surface area (Å²) in [7, 11) is 0. The minimum atomic E-state index is 0.705. The van der Waals surface area contributed by atoms with Crippen LogP contribution in [0.15, 0.2) is 194 Å². The second kappa shape index (κ2) is 11.8. The SMILES string of the molecule is c1ccc2cc3c(cc2c1)c1ccccc1n3-c1cccc2cc3c(cc12)c1ccccc1n3-c1nc(-c2ccc3c(ccc4ccccc43)c2)nc2ccccc12. The van der Waals surface area contributed by atoms with Gasteiger partial charge in [-0.15, -0.1) is 0 Å². The van der Waals surface area contributed by atoms with Crippen LogP contribution in [0.1, 0.15) is 0 Å². The molecule has 4 nitrogen and oxygen atoms in total. The summed E-state index contributed by atoms with van der Waals surface area (Å²) in [6, 6.07) is 70.3. The molecule has 13 aromatic rings. The molecule has 0 spiro atoms. The van der Waals surface area contributed by atoms with E-state index in [2.05, 4.69) is 203 Å². The second-order valence-corrected chi connectivity index (χ2v) is 15.4. The van der Waals surface area contributed by atoms with Crippen LogP contribution >= 0.6 is 0 Å². The Kier molecular flexibility index (Phi) is 6.41. The van der Waals surface area contributed by atoms with E-state index in [0.29, 0.717) is 5.82 Å². The molecule has 3 aromatic heterocycles. The van der Waals surface area contributed by atoms with E-state index < -0.39 is 0 Å². The number of rotatable bonds is 3. The zero-order chi connectivity index (χ0) is 37.9. The van der Waals surface area contributed by atoms with Gasteiger partial charge < -0.3 is 4.57 Å². The summed E-state index contributed by atoms with van der Waals surface area (Å²) in [6.07, 6.45) is 0. The predicted octanol–water partition coefficient (Wildman–Crippen LogP) is 14.1. The normalized spacial score (nSPS) is 12.1. The number of hydrogen-bond donors (Lipinski definition) is 0. The van der Waals surface area contributed by atoms with Crippen LogP contribution in [0.2, 0.25) is 0 Å². The van der Waals surface area contributed by atoms with E-state index in [1.165, 1.54) is 75.7 Å². The van der Waals surface area contributed by atoms with Gasteiger partial charge in [0, 0.05) is 37.9 Å². The Morgan fingerprint density at radius 3 is 1.69 bits per heavy atom. The molecule has 4 heteroatoms. The van der Waals surface area contributed by atoms with Crippen LogP contribution in [0.5, 0.6) is 0 Å². The van der Waals surface area contributed by atoms with Gasteiger partial charge in [0.1, 0.15) is 5.82 Å². The lowest BCUT2D eigenvalue weighted by molar-refractivity contribution is 1.08.